The number of hydrogen-bond acceptors (Lipinski definition) is 1. The van der Waals surface area contributed by atoms with Gasteiger partial charge in [0.2, 0.25) is 0 Å². The SMILES string of the molecule is Cc1ccc2c(c1)CCC2CO. The Morgan fingerprint density at radius 2 is 2.33 bits per heavy atom. The summed E-state index contributed by atoms with van der Waals surface area (Å²) in [6.45, 7) is 2.42. The minimum atomic E-state index is 0.302. The van der Waals surface area contributed by atoms with Gasteiger partial charge in [-0.2, -0.15) is 0 Å². The molecule has 12 heavy (non-hydrogen) atoms. The van der Waals surface area contributed by atoms with E-state index in [9.17, 15) is 0 Å². The fraction of sp³-hybridized carbons (Fsp3) is 0.455. The van der Waals surface area contributed by atoms with E-state index in [2.05, 4.69) is 25.1 Å². The van der Waals surface area contributed by atoms with Gasteiger partial charge in [0.15, 0.2) is 0 Å². The molecular weight excluding hydrogens is 148 g/mol. The van der Waals surface area contributed by atoms with Crippen LogP contribution in [0.5, 0.6) is 0 Å². The van der Waals surface area contributed by atoms with Crippen molar-refractivity contribution in [2.45, 2.75) is 25.7 Å². The molecule has 1 aromatic rings. The standard InChI is InChI=1S/C11H14O/c1-8-2-5-11-9(6-8)3-4-10(11)7-12/h2,5-6,10,12H,3-4,7H2,1H3. The normalized spacial score (nSPS) is 21.0. The molecule has 1 atom stereocenters. The van der Waals surface area contributed by atoms with Crippen LogP contribution in [0.4, 0.5) is 0 Å². The highest BCUT2D eigenvalue weighted by molar-refractivity contribution is 5.37. The van der Waals surface area contributed by atoms with Crippen molar-refractivity contribution in [2.24, 2.45) is 0 Å². The Labute approximate surface area is 73.0 Å². The van der Waals surface area contributed by atoms with Crippen molar-refractivity contribution in [3.8, 4) is 0 Å². The van der Waals surface area contributed by atoms with Gasteiger partial charge in [0.25, 0.3) is 0 Å². The van der Waals surface area contributed by atoms with Crippen LogP contribution in [0.1, 0.15) is 29.0 Å². The Bertz CT molecular complexity index is 291. The molecule has 1 aliphatic carbocycles. The number of hydrogen-bond donors (Lipinski definition) is 1. The summed E-state index contributed by atoms with van der Waals surface area (Å²) >= 11 is 0. The maximum atomic E-state index is 9.08. The van der Waals surface area contributed by atoms with Crippen molar-refractivity contribution in [1.29, 1.82) is 0 Å². The molecule has 1 aromatic carbocycles. The van der Waals surface area contributed by atoms with Crippen LogP contribution in [-0.4, -0.2) is 11.7 Å². The maximum Gasteiger partial charge on any atom is 0.0499 e. The van der Waals surface area contributed by atoms with E-state index >= 15 is 0 Å². The molecule has 0 aromatic heterocycles. The fourth-order valence-electron chi connectivity index (χ4n) is 2.02. The molecule has 0 saturated heterocycles. The zero-order valence-corrected chi connectivity index (χ0v) is 7.38. The smallest absolute Gasteiger partial charge is 0.0499 e. The van der Waals surface area contributed by atoms with Crippen LogP contribution in [0, 0.1) is 6.92 Å². The first-order chi connectivity index (χ1) is 5.81. The van der Waals surface area contributed by atoms with E-state index in [1.165, 1.54) is 16.7 Å². The zero-order chi connectivity index (χ0) is 8.55. The monoisotopic (exact) mass is 162 g/mol. The first-order valence-electron chi connectivity index (χ1n) is 4.51. The summed E-state index contributed by atoms with van der Waals surface area (Å²) in [5.74, 6) is 0.403. The lowest BCUT2D eigenvalue weighted by atomic mass is 10.0. The number of aliphatic hydroxyl groups excluding tert-OH is 1. The van der Waals surface area contributed by atoms with E-state index in [4.69, 9.17) is 5.11 Å². The van der Waals surface area contributed by atoms with E-state index in [0.29, 0.717) is 12.5 Å². The van der Waals surface area contributed by atoms with Crippen molar-refractivity contribution in [1.82, 2.24) is 0 Å². The van der Waals surface area contributed by atoms with E-state index in [1.54, 1.807) is 0 Å². The number of rotatable bonds is 1. The average Bonchev–Trinajstić information content (AvgIpc) is 2.46. The quantitative estimate of drug-likeness (QED) is 0.669. The molecule has 0 saturated carbocycles. The third-order valence-corrected chi connectivity index (χ3v) is 2.72. The Morgan fingerprint density at radius 1 is 1.50 bits per heavy atom. The van der Waals surface area contributed by atoms with Gasteiger partial charge >= 0.3 is 0 Å². The van der Waals surface area contributed by atoms with E-state index in [0.717, 1.165) is 12.8 Å². The Balaban J connectivity index is 2.40. The van der Waals surface area contributed by atoms with Gasteiger partial charge in [0.05, 0.1) is 0 Å². The van der Waals surface area contributed by atoms with E-state index < -0.39 is 0 Å². The van der Waals surface area contributed by atoms with Gasteiger partial charge in [0.1, 0.15) is 0 Å². The van der Waals surface area contributed by atoms with Crippen molar-refractivity contribution >= 4 is 0 Å². The molecule has 64 valence electrons. The summed E-state index contributed by atoms with van der Waals surface area (Å²) in [5, 5.41) is 9.08. The molecule has 0 spiro atoms. The van der Waals surface area contributed by atoms with Gasteiger partial charge in [-0.25, -0.2) is 0 Å². The van der Waals surface area contributed by atoms with Crippen LogP contribution in [0.3, 0.4) is 0 Å². The second kappa shape index (κ2) is 2.91. The first kappa shape index (κ1) is 7.81. The molecule has 2 rings (SSSR count). The number of fused-ring (bicyclic) bond motifs is 1. The lowest BCUT2D eigenvalue weighted by Gasteiger charge is -2.06. The molecule has 1 aliphatic rings. The van der Waals surface area contributed by atoms with Crippen LogP contribution < -0.4 is 0 Å². The molecule has 0 bridgehead atoms. The maximum absolute atomic E-state index is 9.08. The van der Waals surface area contributed by atoms with Gasteiger partial charge in [0, 0.05) is 12.5 Å². The second-order valence-electron chi connectivity index (χ2n) is 3.62. The zero-order valence-electron chi connectivity index (χ0n) is 7.38. The highest BCUT2D eigenvalue weighted by Crippen LogP contribution is 2.32. The van der Waals surface area contributed by atoms with Crippen molar-refractivity contribution in [2.75, 3.05) is 6.61 Å². The lowest BCUT2D eigenvalue weighted by molar-refractivity contribution is 0.265. The largest absolute Gasteiger partial charge is 0.396 e. The lowest BCUT2D eigenvalue weighted by Crippen LogP contribution is -1.98. The molecule has 1 unspecified atom stereocenters. The number of aryl methyl sites for hydroxylation is 2. The van der Waals surface area contributed by atoms with E-state index in [-0.39, 0.29) is 0 Å². The number of benzene rings is 1. The average molecular weight is 162 g/mol. The molecule has 0 radical (unpaired) electrons. The summed E-state index contributed by atoms with van der Waals surface area (Å²) in [6.07, 6.45) is 2.26. The van der Waals surface area contributed by atoms with Crippen molar-refractivity contribution in [3.63, 3.8) is 0 Å². The van der Waals surface area contributed by atoms with Crippen LogP contribution in [0.15, 0.2) is 18.2 Å². The van der Waals surface area contributed by atoms with Crippen LogP contribution in [0.2, 0.25) is 0 Å². The van der Waals surface area contributed by atoms with Crippen LogP contribution in [-0.2, 0) is 6.42 Å². The minimum absolute atomic E-state index is 0.302. The molecule has 0 amide bonds. The topological polar surface area (TPSA) is 20.2 Å². The summed E-state index contributed by atoms with van der Waals surface area (Å²) in [6, 6.07) is 6.54. The second-order valence-corrected chi connectivity index (χ2v) is 3.62. The molecule has 0 fully saturated rings. The Morgan fingerprint density at radius 3 is 3.08 bits per heavy atom. The first-order valence-corrected chi connectivity index (χ1v) is 4.51. The van der Waals surface area contributed by atoms with E-state index in [1.807, 2.05) is 0 Å². The predicted octanol–water partition coefficient (Wildman–Crippen LogP) is 2.02. The van der Waals surface area contributed by atoms with Gasteiger partial charge in [-0.3, -0.25) is 0 Å². The van der Waals surface area contributed by atoms with Crippen LogP contribution in [0.25, 0.3) is 0 Å². The third kappa shape index (κ3) is 1.14. The molecule has 1 heteroatoms. The molecular formula is C11H14O. The van der Waals surface area contributed by atoms with Gasteiger partial charge in [-0.15, -0.1) is 0 Å². The molecule has 1 N–H and O–H groups in total. The molecule has 1 nitrogen and oxygen atoms in total. The fourth-order valence-corrected chi connectivity index (χ4v) is 2.02. The van der Waals surface area contributed by atoms with Gasteiger partial charge in [-0.05, 0) is 30.9 Å². The summed E-state index contributed by atoms with van der Waals surface area (Å²) in [4.78, 5) is 0. The Hall–Kier alpha value is -0.820. The highest BCUT2D eigenvalue weighted by Gasteiger charge is 2.20. The van der Waals surface area contributed by atoms with Gasteiger partial charge in [-0.1, -0.05) is 23.8 Å². The van der Waals surface area contributed by atoms with Crippen molar-refractivity contribution in [3.05, 3.63) is 34.9 Å². The summed E-state index contributed by atoms with van der Waals surface area (Å²) in [7, 11) is 0. The molecule has 0 aliphatic heterocycles. The van der Waals surface area contributed by atoms with Crippen LogP contribution >= 0.6 is 0 Å². The van der Waals surface area contributed by atoms with Crippen molar-refractivity contribution < 1.29 is 5.11 Å². The minimum Gasteiger partial charge on any atom is -0.396 e. The summed E-state index contributed by atoms with van der Waals surface area (Å²) < 4.78 is 0. The number of aliphatic hydroxyl groups is 1. The predicted molar refractivity (Wildman–Crippen MR) is 49.3 cm³/mol. The highest BCUT2D eigenvalue weighted by atomic mass is 16.3. The summed E-state index contributed by atoms with van der Waals surface area (Å²) in [5.41, 5.74) is 4.13. The molecule has 0 heterocycles. The Kier molecular flexibility index (Phi) is 1.89. The third-order valence-electron chi connectivity index (χ3n) is 2.72. The van der Waals surface area contributed by atoms with Gasteiger partial charge < -0.3 is 5.11 Å².